The van der Waals surface area contributed by atoms with Crippen LogP contribution in [0.3, 0.4) is 0 Å². The molecule has 0 N–H and O–H groups in total. The molecule has 150 heavy (non-hydrogen) atoms. The maximum absolute atomic E-state index is 2.46. The Morgan fingerprint density at radius 3 is 0.680 bits per heavy atom. The summed E-state index contributed by atoms with van der Waals surface area (Å²) in [5, 5.41) is 32.7. The fourth-order valence-corrected chi connectivity index (χ4v) is 29.2. The number of para-hydroxylation sites is 4. The van der Waals surface area contributed by atoms with Crippen molar-refractivity contribution in [2.24, 2.45) is 0 Å². The van der Waals surface area contributed by atoms with Crippen molar-refractivity contribution in [3.05, 3.63) is 607 Å². The molecule has 6 aliphatic rings. The zero-order valence-corrected chi connectivity index (χ0v) is 81.7. The minimum Gasteiger partial charge on any atom is -0.310 e. The van der Waals surface area contributed by atoms with E-state index in [4.69, 9.17) is 0 Å². The first-order valence-electron chi connectivity index (χ1n) is 52.5. The molecule has 3 spiro atoms. The SMILES string of the molecule is c1ccc(-c2ccc(N(c3ccccc3)c3cccc4c3-c3ccccc3C43c4cccc5c6cccc7ccc8ccc3c(c45)c8c76)cc2)cc1.c1ccc(-c2cccc(N(c3ccccc3)c3cccc4c3-c3ccccc3C43c4cccc5c6cccc7ccc8ccc3c(c45)c8c76)c2)cc1.c1ccc(N(c2ccccc2)c2cccc3c2-c2ccccc2C32c3cccc4c5cccc6ccc7ccc2c(c34)c7c65)cc1. The number of rotatable bonds is 11. The van der Waals surface area contributed by atoms with Crippen molar-refractivity contribution in [3.8, 4) is 55.6 Å². The lowest BCUT2D eigenvalue weighted by atomic mass is 9.70. The molecule has 3 heteroatoms. The molecule has 29 aromatic rings. The Bertz CT molecular complexity index is 10700. The Hall–Kier alpha value is -19.3. The summed E-state index contributed by atoms with van der Waals surface area (Å²) in [7, 11) is 0. The molecule has 3 nitrogen and oxygen atoms in total. The molecular weight excluding hydrogens is 1810 g/mol. The third-order valence-corrected chi connectivity index (χ3v) is 34.7. The van der Waals surface area contributed by atoms with Gasteiger partial charge in [0.15, 0.2) is 0 Å². The summed E-state index contributed by atoms with van der Waals surface area (Å²) in [6.45, 7) is 0. The molecule has 0 bridgehead atoms. The minimum absolute atomic E-state index is 0.417. The molecule has 0 radical (unpaired) electrons. The van der Waals surface area contributed by atoms with Crippen LogP contribution < -0.4 is 14.7 Å². The van der Waals surface area contributed by atoms with Crippen molar-refractivity contribution >= 4 is 180 Å². The zero-order chi connectivity index (χ0) is 97.9. The molecule has 0 saturated heterocycles. The van der Waals surface area contributed by atoms with Gasteiger partial charge in [-0.05, 0) is 326 Å². The van der Waals surface area contributed by atoms with Gasteiger partial charge in [0.2, 0.25) is 0 Å². The van der Waals surface area contributed by atoms with Crippen LogP contribution in [0.15, 0.2) is 540 Å². The first kappa shape index (κ1) is 83.0. The van der Waals surface area contributed by atoms with Crippen molar-refractivity contribution < 1.29 is 0 Å². The second-order valence-electron chi connectivity index (χ2n) is 41.5. The van der Waals surface area contributed by atoms with Gasteiger partial charge in [0.1, 0.15) is 0 Å². The third kappa shape index (κ3) is 11.0. The first-order valence-corrected chi connectivity index (χ1v) is 52.5. The number of nitrogens with zero attached hydrogens (tertiary/aromatic N) is 3. The molecule has 6 aliphatic carbocycles. The van der Waals surface area contributed by atoms with E-state index in [1.54, 1.807) is 0 Å². The van der Waals surface area contributed by atoms with E-state index >= 15 is 0 Å². The lowest BCUT2D eigenvalue weighted by Gasteiger charge is -2.32. The second-order valence-corrected chi connectivity index (χ2v) is 41.5. The average Bonchev–Trinajstić information content (AvgIpc) is 1.49. The Labute approximate surface area is 867 Å². The van der Waals surface area contributed by atoms with Gasteiger partial charge in [0.05, 0.1) is 33.3 Å². The van der Waals surface area contributed by atoms with E-state index in [0.717, 1.165) is 34.1 Å². The van der Waals surface area contributed by atoms with Gasteiger partial charge in [-0.1, -0.05) is 449 Å². The Kier molecular flexibility index (Phi) is 17.4. The highest BCUT2D eigenvalue weighted by Crippen LogP contribution is 2.71. The quantitative estimate of drug-likeness (QED) is 0.0944. The maximum atomic E-state index is 2.46. The van der Waals surface area contributed by atoms with Crippen LogP contribution >= 0.6 is 0 Å². The van der Waals surface area contributed by atoms with E-state index in [1.165, 1.54) is 269 Å². The minimum atomic E-state index is -0.449. The van der Waals surface area contributed by atoms with Crippen molar-refractivity contribution in [1.29, 1.82) is 0 Å². The topological polar surface area (TPSA) is 9.72 Å². The summed E-state index contributed by atoms with van der Waals surface area (Å²) < 4.78 is 0. The van der Waals surface area contributed by atoms with E-state index in [9.17, 15) is 0 Å². The Morgan fingerprint density at radius 2 is 0.340 bits per heavy atom. The molecule has 3 atom stereocenters. The normalized spacial score (nSPS) is 15.5. The van der Waals surface area contributed by atoms with E-state index in [1.807, 2.05) is 0 Å². The molecule has 0 aliphatic heterocycles. The molecule has 692 valence electrons. The van der Waals surface area contributed by atoms with Gasteiger partial charge < -0.3 is 14.7 Å². The highest BCUT2D eigenvalue weighted by atomic mass is 15.2. The lowest BCUT2D eigenvalue weighted by molar-refractivity contribution is 0.797. The fraction of sp³-hybridized carbons (Fsp3) is 0.0204. The molecule has 0 heterocycles. The van der Waals surface area contributed by atoms with Gasteiger partial charge in [0.25, 0.3) is 0 Å². The first-order chi connectivity index (χ1) is 74.5. The van der Waals surface area contributed by atoms with Gasteiger partial charge in [-0.2, -0.15) is 0 Å². The number of hydrogen-bond acceptors (Lipinski definition) is 3. The van der Waals surface area contributed by atoms with Gasteiger partial charge in [-0.25, -0.2) is 0 Å². The fourth-order valence-electron chi connectivity index (χ4n) is 29.2. The highest BCUT2D eigenvalue weighted by Gasteiger charge is 2.56. The molecule has 35 rings (SSSR count). The number of anilines is 9. The van der Waals surface area contributed by atoms with Gasteiger partial charge in [-0.3, -0.25) is 0 Å². The Balaban J connectivity index is 0.0000000976. The van der Waals surface area contributed by atoms with Crippen molar-refractivity contribution in [1.82, 2.24) is 0 Å². The molecule has 0 saturated carbocycles. The van der Waals surface area contributed by atoms with Crippen LogP contribution in [0.25, 0.3) is 185 Å². The molecule has 0 amide bonds. The summed E-state index contributed by atoms with van der Waals surface area (Å²) in [6, 6.07) is 201. The molecule has 0 aromatic heterocycles. The van der Waals surface area contributed by atoms with Crippen LogP contribution in [0.1, 0.15) is 66.8 Å². The smallest absolute Gasteiger partial charge is 0.0726 e. The van der Waals surface area contributed by atoms with Crippen LogP contribution in [0.5, 0.6) is 0 Å². The van der Waals surface area contributed by atoms with Crippen LogP contribution in [0.2, 0.25) is 0 Å². The van der Waals surface area contributed by atoms with Crippen LogP contribution in [-0.4, -0.2) is 0 Å². The van der Waals surface area contributed by atoms with E-state index in [0.29, 0.717) is 0 Å². The van der Waals surface area contributed by atoms with Crippen molar-refractivity contribution in [2.75, 3.05) is 14.7 Å². The summed E-state index contributed by atoms with van der Waals surface area (Å²) in [5.41, 5.74) is 38.3. The standard InChI is InChI=1S/2C51H31N.C45H27N/c1-3-13-32(14-4-1)35-16-9-19-37(31-35)52(36-17-5-2-6-18-36)45-26-12-25-42-48(45)40-20-7-8-23-41(40)51(42)43-24-11-22-39-38-21-10-15-33-27-28-34-29-30-44(51)50(49(39)43)47(34)46(33)38;1-3-12-32(13-4-1)33-26-29-37(30-27-33)52(36-15-5-2-6-16-36)45-23-11-22-42-48(45)40-17-7-8-20-41(40)51(42)43-21-10-19-39-38-18-9-14-34-24-25-35-28-31-44(51)50(49(39)43)47(35)46(34)38;1-3-13-30(14-4-1)46(31-15-5-2-6-16-31)39-23-11-22-36-42(39)34-17-7-8-20-35(34)45(36)37-21-10-19-33-32-18-9-12-28-24-25-29-26-27-38(45)44(43(33)37)41(29)40(28)32/h2*1-31H;1-27H. The highest BCUT2D eigenvalue weighted by molar-refractivity contribution is 6.40. The number of hydrogen-bond donors (Lipinski definition) is 0. The summed E-state index contributed by atoms with van der Waals surface area (Å²) in [5.74, 6) is 0. The third-order valence-electron chi connectivity index (χ3n) is 34.7. The maximum Gasteiger partial charge on any atom is 0.0726 e. The Morgan fingerprint density at radius 1 is 0.120 bits per heavy atom. The predicted molar refractivity (Wildman–Crippen MR) is 630 cm³/mol. The predicted octanol–water partition coefficient (Wildman–Crippen LogP) is 39.0. The van der Waals surface area contributed by atoms with Crippen molar-refractivity contribution in [3.63, 3.8) is 0 Å². The monoisotopic (exact) mass is 1900 g/mol. The zero-order valence-electron chi connectivity index (χ0n) is 81.7. The number of fused-ring (bicyclic) bond motifs is 24. The summed E-state index contributed by atoms with van der Waals surface area (Å²) in [6.07, 6.45) is 0. The van der Waals surface area contributed by atoms with E-state index < -0.39 is 16.2 Å². The summed E-state index contributed by atoms with van der Waals surface area (Å²) >= 11 is 0. The second kappa shape index (κ2) is 31.4. The summed E-state index contributed by atoms with van der Waals surface area (Å²) in [4.78, 5) is 7.35. The molecular formula is C147H89N3. The molecule has 3 unspecified atom stereocenters. The van der Waals surface area contributed by atoms with Crippen LogP contribution in [0, 0.1) is 0 Å². The van der Waals surface area contributed by atoms with Crippen molar-refractivity contribution in [2.45, 2.75) is 16.2 Å². The van der Waals surface area contributed by atoms with Gasteiger partial charge in [0, 0.05) is 50.8 Å². The van der Waals surface area contributed by atoms with E-state index in [2.05, 4.69) is 555 Å². The van der Waals surface area contributed by atoms with Crippen LogP contribution in [0.4, 0.5) is 51.2 Å². The van der Waals surface area contributed by atoms with Gasteiger partial charge >= 0.3 is 0 Å². The number of benzene rings is 29. The average molecular weight is 1900 g/mol. The van der Waals surface area contributed by atoms with Gasteiger partial charge in [-0.15, -0.1) is 0 Å². The molecule has 29 aromatic carbocycles. The molecule has 0 fully saturated rings. The lowest BCUT2D eigenvalue weighted by Crippen LogP contribution is -2.26. The largest absolute Gasteiger partial charge is 0.310 e. The van der Waals surface area contributed by atoms with Crippen LogP contribution in [-0.2, 0) is 16.2 Å². The van der Waals surface area contributed by atoms with E-state index in [-0.39, 0.29) is 0 Å².